The number of benzene rings is 4. The molecule has 4 aromatic carbocycles. The minimum absolute atomic E-state index is 0.367. The Labute approximate surface area is 217 Å². The van der Waals surface area contributed by atoms with Crippen molar-refractivity contribution in [2.45, 2.75) is 12.5 Å². The summed E-state index contributed by atoms with van der Waals surface area (Å²) in [5.74, 6) is 1.90. The lowest BCUT2D eigenvalue weighted by atomic mass is 9.77. The Morgan fingerprint density at radius 2 is 1.61 bits per heavy atom. The number of allylic oxidation sites excluding steroid dienone is 1. The molecule has 0 amide bonds. The number of hydrogen-bond acceptors (Lipinski definition) is 5. The van der Waals surface area contributed by atoms with Gasteiger partial charge in [0.2, 0.25) is 0 Å². The summed E-state index contributed by atoms with van der Waals surface area (Å²) in [5.41, 5.74) is 3.64. The minimum atomic E-state index is -1.15. The van der Waals surface area contributed by atoms with E-state index in [-0.39, 0.29) is 5.97 Å². The molecule has 2 heterocycles. The number of esters is 1. The molecule has 0 saturated heterocycles. The lowest BCUT2D eigenvalue weighted by Gasteiger charge is -2.37. The second-order valence-electron chi connectivity index (χ2n) is 8.88. The SMILES string of the molecule is C=C(C)Oc1cc2c(cc1Br)C1(OC(=O)c3ccccc31)c1ccc(N(C)c3ccccc3)cc1O2. The quantitative estimate of drug-likeness (QED) is 0.196. The van der Waals surface area contributed by atoms with Crippen molar-refractivity contribution in [2.75, 3.05) is 11.9 Å². The van der Waals surface area contributed by atoms with E-state index in [4.69, 9.17) is 14.2 Å². The van der Waals surface area contributed by atoms with E-state index in [9.17, 15) is 4.79 Å². The van der Waals surface area contributed by atoms with Gasteiger partial charge in [0.15, 0.2) is 5.60 Å². The van der Waals surface area contributed by atoms with E-state index < -0.39 is 5.60 Å². The van der Waals surface area contributed by atoms with Crippen LogP contribution in [0.2, 0.25) is 0 Å². The first kappa shape index (κ1) is 22.4. The average Bonchev–Trinajstić information content (AvgIpc) is 3.18. The second kappa shape index (κ2) is 8.28. The molecule has 178 valence electrons. The summed E-state index contributed by atoms with van der Waals surface area (Å²) in [4.78, 5) is 15.2. The van der Waals surface area contributed by atoms with Gasteiger partial charge in [-0.15, -0.1) is 0 Å². The molecular formula is C30H22BrNO4. The van der Waals surface area contributed by atoms with Crippen LogP contribution in [0.15, 0.2) is 102 Å². The zero-order valence-electron chi connectivity index (χ0n) is 19.7. The first-order valence-corrected chi connectivity index (χ1v) is 12.3. The topological polar surface area (TPSA) is 48.0 Å². The minimum Gasteiger partial charge on any atom is -0.461 e. The van der Waals surface area contributed by atoms with Gasteiger partial charge in [-0.1, -0.05) is 43.0 Å². The summed E-state index contributed by atoms with van der Waals surface area (Å²) in [7, 11) is 2.00. The molecule has 1 unspecified atom stereocenters. The van der Waals surface area contributed by atoms with Gasteiger partial charge in [-0.3, -0.25) is 0 Å². The van der Waals surface area contributed by atoms with E-state index in [1.165, 1.54) is 0 Å². The zero-order chi connectivity index (χ0) is 25.0. The van der Waals surface area contributed by atoms with Crippen molar-refractivity contribution >= 4 is 33.3 Å². The van der Waals surface area contributed by atoms with Crippen molar-refractivity contribution < 1.29 is 19.0 Å². The summed E-state index contributed by atoms with van der Waals surface area (Å²) in [5, 5.41) is 0. The van der Waals surface area contributed by atoms with Gasteiger partial charge in [0, 0.05) is 47.2 Å². The number of para-hydroxylation sites is 1. The van der Waals surface area contributed by atoms with Crippen LogP contribution in [0.5, 0.6) is 17.2 Å². The largest absolute Gasteiger partial charge is 0.461 e. The van der Waals surface area contributed by atoms with Gasteiger partial charge in [0.05, 0.1) is 15.8 Å². The smallest absolute Gasteiger partial charge is 0.340 e. The number of fused-ring (bicyclic) bond motifs is 6. The van der Waals surface area contributed by atoms with Gasteiger partial charge in [0.1, 0.15) is 17.2 Å². The van der Waals surface area contributed by atoms with Gasteiger partial charge in [0.25, 0.3) is 0 Å². The van der Waals surface area contributed by atoms with E-state index in [2.05, 4.69) is 27.4 Å². The Morgan fingerprint density at radius 1 is 0.889 bits per heavy atom. The third-order valence-electron chi connectivity index (χ3n) is 6.56. The average molecular weight is 540 g/mol. The van der Waals surface area contributed by atoms with Crippen LogP contribution >= 0.6 is 15.9 Å². The Hall–Kier alpha value is -4.03. The highest BCUT2D eigenvalue weighted by molar-refractivity contribution is 9.10. The summed E-state index contributed by atoms with van der Waals surface area (Å²) in [6.07, 6.45) is 0. The normalized spacial score (nSPS) is 16.9. The molecule has 0 N–H and O–H groups in total. The van der Waals surface area contributed by atoms with Gasteiger partial charge in [-0.05, 0) is 59.3 Å². The Kier molecular flexibility index (Phi) is 5.16. The first-order chi connectivity index (χ1) is 17.4. The summed E-state index contributed by atoms with van der Waals surface area (Å²) in [6, 6.07) is 27.3. The number of carbonyl (C=O) groups is 1. The van der Waals surface area contributed by atoms with Crippen molar-refractivity contribution in [3.63, 3.8) is 0 Å². The molecule has 0 radical (unpaired) electrons. The molecule has 6 rings (SSSR count). The molecule has 2 aliphatic rings. The van der Waals surface area contributed by atoms with Gasteiger partial charge in [-0.25, -0.2) is 4.79 Å². The fourth-order valence-electron chi connectivity index (χ4n) is 4.94. The lowest BCUT2D eigenvalue weighted by Crippen LogP contribution is -2.33. The molecular weight excluding hydrogens is 518 g/mol. The van der Waals surface area contributed by atoms with Crippen LogP contribution in [0.3, 0.4) is 0 Å². The number of nitrogens with zero attached hydrogens (tertiary/aromatic N) is 1. The van der Waals surface area contributed by atoms with Crippen LogP contribution in [0.25, 0.3) is 0 Å². The molecule has 0 bridgehead atoms. The van der Waals surface area contributed by atoms with Crippen LogP contribution < -0.4 is 14.4 Å². The summed E-state index contributed by atoms with van der Waals surface area (Å²) < 4.78 is 19.3. The number of halogens is 1. The predicted molar refractivity (Wildman–Crippen MR) is 142 cm³/mol. The molecule has 6 heteroatoms. The molecule has 0 aliphatic carbocycles. The molecule has 2 aliphatic heterocycles. The molecule has 1 atom stereocenters. The number of anilines is 2. The maximum atomic E-state index is 13.1. The summed E-state index contributed by atoms with van der Waals surface area (Å²) >= 11 is 3.62. The Bertz CT molecular complexity index is 1550. The fraction of sp³-hybridized carbons (Fsp3) is 0.100. The van der Waals surface area contributed by atoms with E-state index in [0.29, 0.717) is 33.0 Å². The van der Waals surface area contributed by atoms with Gasteiger partial charge in [-0.2, -0.15) is 0 Å². The molecule has 5 nitrogen and oxygen atoms in total. The van der Waals surface area contributed by atoms with Gasteiger partial charge < -0.3 is 19.1 Å². The number of carbonyl (C=O) groups excluding carboxylic acids is 1. The van der Waals surface area contributed by atoms with E-state index in [1.807, 2.05) is 79.8 Å². The standard InChI is InChI=1S/C30H22BrNO4/c1-18(2)34-28-17-27-24(16-25(28)31)30(22-12-8-7-11-21(22)29(33)36-30)23-14-13-20(15-26(23)35-27)32(3)19-9-5-4-6-10-19/h4-17H,1H2,2-3H3. The predicted octanol–water partition coefficient (Wildman–Crippen LogP) is 7.70. The highest BCUT2D eigenvalue weighted by Crippen LogP contribution is 2.58. The molecule has 0 fully saturated rings. The Balaban J connectivity index is 1.58. The molecule has 1 spiro atoms. The maximum Gasteiger partial charge on any atom is 0.340 e. The van der Waals surface area contributed by atoms with Gasteiger partial charge >= 0.3 is 5.97 Å². The highest BCUT2D eigenvalue weighted by Gasteiger charge is 2.53. The summed E-state index contributed by atoms with van der Waals surface area (Å²) in [6.45, 7) is 5.63. The molecule has 0 saturated carbocycles. The van der Waals surface area contributed by atoms with Crippen molar-refractivity contribution in [2.24, 2.45) is 0 Å². The van der Waals surface area contributed by atoms with E-state index in [0.717, 1.165) is 28.1 Å². The highest BCUT2D eigenvalue weighted by atomic mass is 79.9. The van der Waals surface area contributed by atoms with E-state index >= 15 is 0 Å². The van der Waals surface area contributed by atoms with Crippen molar-refractivity contribution in [3.05, 3.63) is 124 Å². The molecule has 0 aromatic heterocycles. The first-order valence-electron chi connectivity index (χ1n) is 11.5. The van der Waals surface area contributed by atoms with Crippen LogP contribution in [0.4, 0.5) is 11.4 Å². The van der Waals surface area contributed by atoms with Crippen molar-refractivity contribution in [1.82, 2.24) is 0 Å². The second-order valence-corrected chi connectivity index (χ2v) is 9.73. The van der Waals surface area contributed by atoms with Crippen molar-refractivity contribution in [1.29, 1.82) is 0 Å². The van der Waals surface area contributed by atoms with Crippen LogP contribution in [-0.2, 0) is 10.3 Å². The van der Waals surface area contributed by atoms with Crippen LogP contribution in [0, 0.1) is 0 Å². The third kappa shape index (κ3) is 3.33. The number of rotatable bonds is 4. The van der Waals surface area contributed by atoms with Crippen LogP contribution in [-0.4, -0.2) is 13.0 Å². The fourth-order valence-corrected chi connectivity index (χ4v) is 5.36. The zero-order valence-corrected chi connectivity index (χ0v) is 21.3. The molecule has 36 heavy (non-hydrogen) atoms. The lowest BCUT2D eigenvalue weighted by molar-refractivity contribution is 0.0224. The monoisotopic (exact) mass is 539 g/mol. The third-order valence-corrected chi connectivity index (χ3v) is 7.18. The van der Waals surface area contributed by atoms with E-state index in [1.54, 1.807) is 19.1 Å². The Morgan fingerprint density at radius 3 is 2.39 bits per heavy atom. The number of ether oxygens (including phenoxy) is 3. The van der Waals surface area contributed by atoms with Crippen LogP contribution in [0.1, 0.15) is 34.0 Å². The molecule has 4 aromatic rings. The van der Waals surface area contributed by atoms with Crippen molar-refractivity contribution in [3.8, 4) is 17.2 Å². The number of hydrogen-bond donors (Lipinski definition) is 0. The maximum absolute atomic E-state index is 13.1.